The quantitative estimate of drug-likeness (QED) is 0.815. The zero-order chi connectivity index (χ0) is 15.4. The Morgan fingerprint density at radius 3 is 2.76 bits per heavy atom. The number of fused-ring (bicyclic) bond motifs is 1. The third-order valence-electron chi connectivity index (χ3n) is 3.57. The van der Waals surface area contributed by atoms with Gasteiger partial charge in [-0.3, -0.25) is 9.59 Å². The molecule has 0 saturated heterocycles. The molecular formula is C16H22N2O3. The molecule has 1 amide bonds. The van der Waals surface area contributed by atoms with E-state index in [-0.39, 0.29) is 11.7 Å². The second-order valence-corrected chi connectivity index (χ2v) is 5.15. The van der Waals surface area contributed by atoms with Crippen molar-refractivity contribution in [2.24, 2.45) is 5.73 Å². The Balaban J connectivity index is 2.39. The third kappa shape index (κ3) is 3.08. The summed E-state index contributed by atoms with van der Waals surface area (Å²) in [5.74, 6) is 0.622. The molecule has 2 N–H and O–H groups in total. The van der Waals surface area contributed by atoms with E-state index in [9.17, 15) is 9.59 Å². The molecule has 2 rings (SSSR count). The average molecular weight is 290 g/mol. The number of nitrogens with two attached hydrogens (primary N) is 1. The summed E-state index contributed by atoms with van der Waals surface area (Å²) in [6.07, 6.45) is 1.35. The summed E-state index contributed by atoms with van der Waals surface area (Å²) in [5, 5.41) is 0. The first-order valence-electron chi connectivity index (χ1n) is 7.47. The number of ether oxygens (including phenoxy) is 1. The van der Waals surface area contributed by atoms with Gasteiger partial charge >= 0.3 is 0 Å². The number of nitrogens with zero attached hydrogens (tertiary/aromatic N) is 1. The lowest BCUT2D eigenvalue weighted by Crippen LogP contribution is -2.46. The van der Waals surface area contributed by atoms with E-state index in [1.165, 1.54) is 0 Å². The minimum Gasteiger partial charge on any atom is -0.478 e. The average Bonchev–Trinajstić information content (AvgIpc) is 2.49. The zero-order valence-corrected chi connectivity index (χ0v) is 12.6. The van der Waals surface area contributed by atoms with Gasteiger partial charge in [0.1, 0.15) is 5.75 Å². The van der Waals surface area contributed by atoms with Gasteiger partial charge in [0, 0.05) is 18.5 Å². The fraction of sp³-hybridized carbons (Fsp3) is 0.500. The Hall–Kier alpha value is -1.88. The Morgan fingerprint density at radius 2 is 2.14 bits per heavy atom. The minimum absolute atomic E-state index is 0.0122. The van der Waals surface area contributed by atoms with Crippen molar-refractivity contribution in [3.05, 3.63) is 23.8 Å². The first-order valence-corrected chi connectivity index (χ1v) is 7.47. The number of benzene rings is 1. The van der Waals surface area contributed by atoms with Crippen LogP contribution in [0.1, 0.15) is 43.5 Å². The number of carbonyl (C=O) groups excluding carboxylic acids is 2. The van der Waals surface area contributed by atoms with Crippen molar-refractivity contribution in [3.63, 3.8) is 0 Å². The van der Waals surface area contributed by atoms with E-state index >= 15 is 0 Å². The fourth-order valence-corrected chi connectivity index (χ4v) is 2.49. The van der Waals surface area contributed by atoms with Gasteiger partial charge in [0.05, 0.1) is 5.69 Å². The van der Waals surface area contributed by atoms with Crippen molar-refractivity contribution in [2.45, 2.75) is 39.2 Å². The number of amides is 1. The molecule has 1 unspecified atom stereocenters. The van der Waals surface area contributed by atoms with E-state index in [0.717, 1.165) is 6.42 Å². The van der Waals surface area contributed by atoms with Crippen molar-refractivity contribution >= 4 is 17.4 Å². The normalized spacial score (nSPS) is 17.4. The number of hydrogen-bond donors (Lipinski definition) is 1. The van der Waals surface area contributed by atoms with Gasteiger partial charge in [-0.2, -0.15) is 0 Å². The van der Waals surface area contributed by atoms with Gasteiger partial charge in [0.15, 0.2) is 11.9 Å². The molecule has 21 heavy (non-hydrogen) atoms. The van der Waals surface area contributed by atoms with Crippen LogP contribution in [0.4, 0.5) is 5.69 Å². The van der Waals surface area contributed by atoms with Crippen LogP contribution in [0, 0.1) is 0 Å². The molecule has 1 aliphatic rings. The van der Waals surface area contributed by atoms with Crippen molar-refractivity contribution in [1.29, 1.82) is 0 Å². The summed E-state index contributed by atoms with van der Waals surface area (Å²) in [6.45, 7) is 4.89. The fourth-order valence-electron chi connectivity index (χ4n) is 2.49. The van der Waals surface area contributed by atoms with Gasteiger partial charge in [0.2, 0.25) is 0 Å². The number of carbonyl (C=O) groups is 2. The molecule has 5 heteroatoms. The van der Waals surface area contributed by atoms with Crippen LogP contribution in [0.5, 0.6) is 5.75 Å². The molecule has 1 atom stereocenters. The second-order valence-electron chi connectivity index (χ2n) is 5.15. The molecule has 0 aliphatic carbocycles. The monoisotopic (exact) mass is 290 g/mol. The van der Waals surface area contributed by atoms with Crippen LogP contribution in [0.25, 0.3) is 0 Å². The number of anilines is 1. The standard InChI is InChI=1S/C16H22N2O3/c1-3-9-18-12-10-11(13(19)7-8-17)5-6-15(12)21-14(4-2)16(18)20/h5-6,10,14H,3-4,7-9,17H2,1-2H3. The van der Waals surface area contributed by atoms with Crippen molar-refractivity contribution in [3.8, 4) is 5.75 Å². The van der Waals surface area contributed by atoms with E-state index in [2.05, 4.69) is 0 Å². The number of hydrogen-bond acceptors (Lipinski definition) is 4. The van der Waals surface area contributed by atoms with Crippen molar-refractivity contribution in [1.82, 2.24) is 0 Å². The minimum atomic E-state index is -0.436. The van der Waals surface area contributed by atoms with E-state index in [4.69, 9.17) is 10.5 Å². The first-order chi connectivity index (χ1) is 10.1. The molecule has 114 valence electrons. The Kier molecular flexibility index (Phi) is 4.96. The predicted molar refractivity (Wildman–Crippen MR) is 81.8 cm³/mol. The highest BCUT2D eigenvalue weighted by molar-refractivity contribution is 6.03. The lowest BCUT2D eigenvalue weighted by atomic mass is 10.0. The van der Waals surface area contributed by atoms with Gasteiger partial charge in [-0.05, 0) is 37.6 Å². The zero-order valence-electron chi connectivity index (χ0n) is 12.6. The summed E-state index contributed by atoms with van der Waals surface area (Å²) < 4.78 is 5.74. The van der Waals surface area contributed by atoms with Crippen LogP contribution in [0.3, 0.4) is 0 Å². The van der Waals surface area contributed by atoms with E-state index in [1.54, 1.807) is 23.1 Å². The van der Waals surface area contributed by atoms with Crippen LogP contribution < -0.4 is 15.4 Å². The van der Waals surface area contributed by atoms with Gasteiger partial charge in [-0.25, -0.2) is 0 Å². The highest BCUT2D eigenvalue weighted by atomic mass is 16.5. The SMILES string of the molecule is CCCN1C(=O)C(CC)Oc2ccc(C(=O)CCN)cc21. The van der Waals surface area contributed by atoms with E-state index in [0.29, 0.717) is 42.9 Å². The molecule has 1 heterocycles. The molecule has 1 aromatic rings. The summed E-state index contributed by atoms with van der Waals surface area (Å²) in [6, 6.07) is 5.26. The highest BCUT2D eigenvalue weighted by Gasteiger charge is 2.33. The van der Waals surface area contributed by atoms with E-state index in [1.807, 2.05) is 13.8 Å². The molecule has 0 fully saturated rings. The molecular weight excluding hydrogens is 268 g/mol. The molecule has 0 bridgehead atoms. The molecule has 0 aromatic heterocycles. The number of ketones is 1. The smallest absolute Gasteiger partial charge is 0.268 e. The lowest BCUT2D eigenvalue weighted by Gasteiger charge is -2.34. The van der Waals surface area contributed by atoms with Gasteiger partial charge in [-0.15, -0.1) is 0 Å². The predicted octanol–water partition coefficient (Wildman–Crippen LogP) is 2.13. The maximum absolute atomic E-state index is 12.4. The van der Waals surface area contributed by atoms with Gasteiger partial charge < -0.3 is 15.4 Å². The van der Waals surface area contributed by atoms with Crippen LogP contribution in [0.15, 0.2) is 18.2 Å². The maximum Gasteiger partial charge on any atom is 0.268 e. The topological polar surface area (TPSA) is 72.6 Å². The first kappa shape index (κ1) is 15.5. The number of Topliss-reactive ketones (excluding diaryl/α,β-unsaturated/α-hetero) is 1. The Morgan fingerprint density at radius 1 is 1.38 bits per heavy atom. The summed E-state index contributed by atoms with van der Waals surface area (Å²) >= 11 is 0. The molecule has 1 aromatic carbocycles. The third-order valence-corrected chi connectivity index (χ3v) is 3.57. The molecule has 1 aliphatic heterocycles. The molecule has 0 radical (unpaired) electrons. The lowest BCUT2D eigenvalue weighted by molar-refractivity contribution is -0.126. The molecule has 0 spiro atoms. The molecule has 0 saturated carbocycles. The van der Waals surface area contributed by atoms with E-state index < -0.39 is 6.10 Å². The van der Waals surface area contributed by atoms with Gasteiger partial charge in [0.25, 0.3) is 5.91 Å². The molecule has 5 nitrogen and oxygen atoms in total. The largest absolute Gasteiger partial charge is 0.478 e. The highest BCUT2D eigenvalue weighted by Crippen LogP contribution is 2.35. The van der Waals surface area contributed by atoms with Gasteiger partial charge in [-0.1, -0.05) is 13.8 Å². The maximum atomic E-state index is 12.4. The number of rotatable bonds is 6. The second kappa shape index (κ2) is 6.72. The van der Waals surface area contributed by atoms with Crippen LogP contribution in [0.2, 0.25) is 0 Å². The van der Waals surface area contributed by atoms with Crippen molar-refractivity contribution < 1.29 is 14.3 Å². The summed E-state index contributed by atoms with van der Waals surface area (Å²) in [5.41, 5.74) is 6.69. The Bertz CT molecular complexity index is 542. The summed E-state index contributed by atoms with van der Waals surface area (Å²) in [7, 11) is 0. The van der Waals surface area contributed by atoms with Crippen molar-refractivity contribution in [2.75, 3.05) is 18.0 Å². The Labute approximate surface area is 125 Å². The van der Waals surface area contributed by atoms with Crippen LogP contribution >= 0.6 is 0 Å². The van der Waals surface area contributed by atoms with Crippen LogP contribution in [-0.4, -0.2) is 30.9 Å². The summed E-state index contributed by atoms with van der Waals surface area (Å²) in [4.78, 5) is 26.1. The van der Waals surface area contributed by atoms with Crippen LogP contribution in [-0.2, 0) is 4.79 Å².